The van der Waals surface area contributed by atoms with Crippen LogP contribution in [0.4, 0.5) is 4.79 Å². The minimum Gasteiger partial charge on any atom is -0.453 e. The Balaban J connectivity index is 2.23. The molecule has 0 bridgehead atoms. The standard InChI is InChI=1S/C15H23IN4O4/c1-8-5-10(13-17-6-11(16)18-13)20(7-8)14(21)12(9(2)23-3)19-15(22)24-4/h6,8-10,12H,5,7H2,1-4H3,(H,17,18)(H,19,22)/t8-,9+,10-,12-/m0/s1. The Morgan fingerprint density at radius 3 is 2.75 bits per heavy atom. The third-order valence-electron chi connectivity index (χ3n) is 4.24. The zero-order valence-electron chi connectivity index (χ0n) is 14.2. The van der Waals surface area contributed by atoms with Crippen molar-refractivity contribution in [2.75, 3.05) is 20.8 Å². The van der Waals surface area contributed by atoms with Crippen LogP contribution < -0.4 is 5.32 Å². The number of ether oxygens (including phenoxy) is 2. The summed E-state index contributed by atoms with van der Waals surface area (Å²) in [6.07, 6.45) is 1.49. The van der Waals surface area contributed by atoms with E-state index in [0.29, 0.717) is 12.5 Å². The fourth-order valence-corrected chi connectivity index (χ4v) is 3.33. The summed E-state index contributed by atoms with van der Waals surface area (Å²) < 4.78 is 10.7. The molecular formula is C15H23IN4O4. The summed E-state index contributed by atoms with van der Waals surface area (Å²) in [6.45, 7) is 4.44. The lowest BCUT2D eigenvalue weighted by atomic mass is 10.1. The maximum atomic E-state index is 13.1. The van der Waals surface area contributed by atoms with Crippen molar-refractivity contribution in [1.29, 1.82) is 0 Å². The van der Waals surface area contributed by atoms with E-state index in [1.54, 1.807) is 11.8 Å². The number of rotatable bonds is 5. The molecule has 1 fully saturated rings. The predicted octanol–water partition coefficient (Wildman–Crippen LogP) is 1.68. The van der Waals surface area contributed by atoms with E-state index >= 15 is 0 Å². The zero-order valence-corrected chi connectivity index (χ0v) is 16.4. The summed E-state index contributed by atoms with van der Waals surface area (Å²) in [4.78, 5) is 34.0. The number of hydrogen-bond acceptors (Lipinski definition) is 5. The lowest BCUT2D eigenvalue weighted by Gasteiger charge is -2.30. The maximum Gasteiger partial charge on any atom is 0.407 e. The van der Waals surface area contributed by atoms with Gasteiger partial charge in [-0.05, 0) is 41.9 Å². The van der Waals surface area contributed by atoms with Gasteiger partial charge in [-0.3, -0.25) is 4.79 Å². The molecule has 134 valence electrons. The van der Waals surface area contributed by atoms with Crippen molar-refractivity contribution in [1.82, 2.24) is 20.2 Å². The summed E-state index contributed by atoms with van der Waals surface area (Å²) in [5, 5.41) is 2.58. The first-order chi connectivity index (χ1) is 11.4. The Kier molecular flexibility index (Phi) is 6.44. The quantitative estimate of drug-likeness (QED) is 0.666. The highest BCUT2D eigenvalue weighted by molar-refractivity contribution is 14.1. The minimum atomic E-state index is -0.815. The van der Waals surface area contributed by atoms with Crippen LogP contribution in [0.1, 0.15) is 32.1 Å². The van der Waals surface area contributed by atoms with Gasteiger partial charge < -0.3 is 24.7 Å². The summed E-state index contributed by atoms with van der Waals surface area (Å²) in [5.74, 6) is 0.910. The molecule has 1 aliphatic heterocycles. The smallest absolute Gasteiger partial charge is 0.407 e. The largest absolute Gasteiger partial charge is 0.453 e. The van der Waals surface area contributed by atoms with Crippen molar-refractivity contribution in [2.24, 2.45) is 5.92 Å². The van der Waals surface area contributed by atoms with Crippen LogP contribution in [0.5, 0.6) is 0 Å². The van der Waals surface area contributed by atoms with Gasteiger partial charge in [0.2, 0.25) is 5.91 Å². The van der Waals surface area contributed by atoms with Gasteiger partial charge in [0.25, 0.3) is 0 Å². The van der Waals surface area contributed by atoms with Crippen molar-refractivity contribution < 1.29 is 19.1 Å². The molecule has 0 aromatic carbocycles. The third kappa shape index (κ3) is 4.18. The molecule has 24 heavy (non-hydrogen) atoms. The van der Waals surface area contributed by atoms with Crippen LogP contribution in [0, 0.1) is 9.62 Å². The number of carbonyl (C=O) groups is 2. The second kappa shape index (κ2) is 8.15. The molecule has 4 atom stereocenters. The summed E-state index contributed by atoms with van der Waals surface area (Å²) in [7, 11) is 2.77. The Hall–Kier alpha value is -1.36. The average Bonchev–Trinajstić information content (AvgIpc) is 3.16. The van der Waals surface area contributed by atoms with Crippen LogP contribution in [-0.4, -0.2) is 59.8 Å². The monoisotopic (exact) mass is 450 g/mol. The molecule has 0 spiro atoms. The zero-order chi connectivity index (χ0) is 17.9. The predicted molar refractivity (Wildman–Crippen MR) is 95.3 cm³/mol. The lowest BCUT2D eigenvalue weighted by molar-refractivity contribution is -0.137. The first-order valence-electron chi connectivity index (χ1n) is 7.75. The molecule has 0 aliphatic carbocycles. The number of imidazole rings is 1. The second-order valence-electron chi connectivity index (χ2n) is 6.01. The van der Waals surface area contributed by atoms with E-state index < -0.39 is 18.2 Å². The minimum absolute atomic E-state index is 0.137. The molecule has 1 aromatic rings. The molecule has 2 heterocycles. The number of carbonyl (C=O) groups excluding carboxylic acids is 2. The highest BCUT2D eigenvalue weighted by Crippen LogP contribution is 2.34. The Labute approximate surface area is 154 Å². The Morgan fingerprint density at radius 1 is 1.50 bits per heavy atom. The summed E-state index contributed by atoms with van der Waals surface area (Å²) in [5.41, 5.74) is 0. The highest BCUT2D eigenvalue weighted by atomic mass is 127. The number of nitrogens with one attached hydrogen (secondary N) is 2. The average molecular weight is 450 g/mol. The molecule has 8 nitrogen and oxygen atoms in total. The normalized spacial score (nSPS) is 23.0. The lowest BCUT2D eigenvalue weighted by Crippen LogP contribution is -2.54. The number of aromatic nitrogens is 2. The number of alkyl carbamates (subject to hydrolysis) is 1. The van der Waals surface area contributed by atoms with Crippen molar-refractivity contribution in [2.45, 2.75) is 38.5 Å². The first-order valence-corrected chi connectivity index (χ1v) is 8.83. The Morgan fingerprint density at radius 2 is 2.21 bits per heavy atom. The van der Waals surface area contributed by atoms with Gasteiger partial charge in [-0.2, -0.15) is 0 Å². The summed E-state index contributed by atoms with van der Waals surface area (Å²) in [6, 6.07) is -0.952. The molecule has 0 radical (unpaired) electrons. The topological polar surface area (TPSA) is 96.5 Å². The van der Waals surface area contributed by atoms with Crippen molar-refractivity contribution in [3.8, 4) is 0 Å². The number of H-pyrrole nitrogens is 1. The number of methoxy groups -OCH3 is 2. The number of likely N-dealkylation sites (tertiary alicyclic amines) is 1. The number of amides is 2. The molecule has 9 heteroatoms. The summed E-state index contributed by atoms with van der Waals surface area (Å²) >= 11 is 2.13. The van der Waals surface area contributed by atoms with Crippen LogP contribution in [0.15, 0.2) is 6.20 Å². The highest BCUT2D eigenvalue weighted by Gasteiger charge is 2.40. The van der Waals surface area contributed by atoms with Crippen LogP contribution >= 0.6 is 22.6 Å². The molecule has 2 rings (SSSR count). The van der Waals surface area contributed by atoms with Crippen molar-refractivity contribution in [3.05, 3.63) is 15.7 Å². The van der Waals surface area contributed by atoms with Gasteiger partial charge in [-0.1, -0.05) is 6.92 Å². The second-order valence-corrected chi connectivity index (χ2v) is 7.12. The van der Waals surface area contributed by atoms with Crippen molar-refractivity contribution in [3.63, 3.8) is 0 Å². The van der Waals surface area contributed by atoms with Gasteiger partial charge in [-0.25, -0.2) is 9.78 Å². The number of hydrogen-bond donors (Lipinski definition) is 2. The SMILES string of the molecule is COC(=O)N[C@H](C(=O)N1C[C@@H](C)C[C@H]1c1nc(I)c[nH]1)[C@@H](C)OC. The Bertz CT molecular complexity index is 594. The number of aromatic amines is 1. The molecule has 1 aromatic heterocycles. The van der Waals surface area contributed by atoms with Crippen LogP contribution in [0.2, 0.25) is 0 Å². The van der Waals surface area contributed by atoms with Crippen LogP contribution in [0.3, 0.4) is 0 Å². The molecule has 1 aliphatic rings. The van der Waals surface area contributed by atoms with E-state index in [2.05, 4.69) is 49.5 Å². The van der Waals surface area contributed by atoms with E-state index in [1.807, 2.05) is 6.20 Å². The van der Waals surface area contributed by atoms with E-state index in [-0.39, 0.29) is 11.9 Å². The molecular weight excluding hydrogens is 427 g/mol. The molecule has 0 saturated carbocycles. The van der Waals surface area contributed by atoms with Crippen molar-refractivity contribution >= 4 is 34.6 Å². The maximum absolute atomic E-state index is 13.1. The van der Waals surface area contributed by atoms with Gasteiger partial charge in [0.15, 0.2) is 0 Å². The molecule has 1 saturated heterocycles. The fourth-order valence-electron chi connectivity index (χ4n) is 2.91. The van der Waals surface area contributed by atoms with Gasteiger partial charge >= 0.3 is 6.09 Å². The number of nitrogens with zero attached hydrogens (tertiary/aromatic N) is 2. The first kappa shape index (κ1) is 19.0. The molecule has 2 amide bonds. The van der Waals surface area contributed by atoms with E-state index in [9.17, 15) is 9.59 Å². The fraction of sp³-hybridized carbons (Fsp3) is 0.667. The van der Waals surface area contributed by atoms with E-state index in [1.165, 1.54) is 14.2 Å². The van der Waals surface area contributed by atoms with Gasteiger partial charge in [0.1, 0.15) is 15.6 Å². The van der Waals surface area contributed by atoms with Gasteiger partial charge in [0, 0.05) is 19.9 Å². The van der Waals surface area contributed by atoms with Crippen LogP contribution in [0.25, 0.3) is 0 Å². The molecule has 2 N–H and O–H groups in total. The van der Waals surface area contributed by atoms with E-state index in [4.69, 9.17) is 4.74 Å². The molecule has 0 unspecified atom stereocenters. The van der Waals surface area contributed by atoms with Gasteiger partial charge in [0.05, 0.1) is 19.3 Å². The third-order valence-corrected chi connectivity index (χ3v) is 4.79. The van der Waals surface area contributed by atoms with E-state index in [0.717, 1.165) is 15.9 Å². The number of halogens is 1. The van der Waals surface area contributed by atoms with Gasteiger partial charge in [-0.15, -0.1) is 0 Å². The van der Waals surface area contributed by atoms with Crippen LogP contribution in [-0.2, 0) is 14.3 Å².